The molecule has 5 N–H and O–H groups in total. The summed E-state index contributed by atoms with van der Waals surface area (Å²) in [5, 5.41) is 11.4. The number of nitrogens with one attached hydrogen (secondary N) is 1. The van der Waals surface area contributed by atoms with E-state index in [1.165, 1.54) is 0 Å². The van der Waals surface area contributed by atoms with Crippen molar-refractivity contribution in [1.82, 2.24) is 5.32 Å². The zero-order chi connectivity index (χ0) is 13.6. The molecule has 0 aliphatic carbocycles. The van der Waals surface area contributed by atoms with Crippen LogP contribution in [-0.4, -0.2) is 45.8 Å². The lowest BCUT2D eigenvalue weighted by atomic mass is 10.7. The first-order valence-corrected chi connectivity index (χ1v) is 6.54. The van der Waals surface area contributed by atoms with Crippen LogP contribution >= 0.6 is 7.82 Å². The number of ether oxygens (including phenoxy) is 1. The van der Waals surface area contributed by atoms with Crippen LogP contribution in [0.2, 0.25) is 0 Å². The maximum Gasteiger partial charge on any atom is 0.466 e. The van der Waals surface area contributed by atoms with Crippen molar-refractivity contribution in [2.75, 3.05) is 19.7 Å². The van der Waals surface area contributed by atoms with Crippen LogP contribution in [-0.2, 0) is 9.30 Å². The van der Waals surface area contributed by atoms with Crippen LogP contribution in [0.3, 0.4) is 0 Å². The van der Waals surface area contributed by atoms with Crippen molar-refractivity contribution >= 4 is 7.82 Å². The van der Waals surface area contributed by atoms with Gasteiger partial charge in [0.2, 0.25) is 0 Å². The molecule has 0 saturated carbocycles. The number of aliphatic hydroxyl groups excluding tert-OH is 1. The highest BCUT2D eigenvalue weighted by Crippen LogP contribution is 2.25. The minimum absolute atomic E-state index is 0.581. The van der Waals surface area contributed by atoms with Crippen molar-refractivity contribution in [2.24, 2.45) is 0 Å². The highest BCUT2D eigenvalue weighted by Gasteiger charge is 2.00. The molecule has 0 fully saturated rings. The molecular weight excluding hydrogens is 237 g/mol. The van der Waals surface area contributed by atoms with E-state index in [0.29, 0.717) is 6.61 Å². The van der Waals surface area contributed by atoms with Crippen LogP contribution in [0.4, 0.5) is 0 Å². The third-order valence-corrected chi connectivity index (χ3v) is 0.908. The van der Waals surface area contributed by atoms with Gasteiger partial charge in [-0.3, -0.25) is 0 Å². The number of phosphoric acid groups is 1. The Hall–Kier alpha value is -0.0100. The van der Waals surface area contributed by atoms with Gasteiger partial charge in [-0.2, -0.15) is 0 Å². The Morgan fingerprint density at radius 1 is 1.19 bits per heavy atom. The average Bonchev–Trinajstić information content (AvgIpc) is 2.03. The van der Waals surface area contributed by atoms with Crippen molar-refractivity contribution in [1.29, 1.82) is 0 Å². The molecule has 0 aliphatic rings. The first-order valence-electron chi connectivity index (χ1n) is 4.97. The molecule has 0 aliphatic heterocycles. The molecular formula is C8H24NO6P. The van der Waals surface area contributed by atoms with E-state index in [1.54, 1.807) is 6.92 Å². The molecule has 8 heteroatoms. The molecule has 0 radical (unpaired) electrons. The highest BCUT2D eigenvalue weighted by molar-refractivity contribution is 7.45. The molecule has 0 aromatic carbocycles. The molecule has 16 heavy (non-hydrogen) atoms. The lowest BCUT2D eigenvalue weighted by molar-refractivity contribution is -0.0800. The first-order chi connectivity index (χ1) is 7.18. The Labute approximate surface area is 96.7 Å². The summed E-state index contributed by atoms with van der Waals surface area (Å²) in [6.07, 6.45) is -0.602. The van der Waals surface area contributed by atoms with E-state index in [9.17, 15) is 0 Å². The van der Waals surface area contributed by atoms with Gasteiger partial charge in [0, 0.05) is 6.61 Å². The number of hydrogen-bond acceptors (Lipinski definition) is 4. The lowest BCUT2D eigenvalue weighted by Crippen LogP contribution is -2.09. The van der Waals surface area contributed by atoms with Crippen LogP contribution in [0, 0.1) is 0 Å². The maximum atomic E-state index is 8.88. The Morgan fingerprint density at radius 3 is 1.50 bits per heavy atom. The van der Waals surface area contributed by atoms with Gasteiger partial charge in [0.15, 0.2) is 6.29 Å². The summed E-state index contributed by atoms with van der Waals surface area (Å²) in [6, 6.07) is 0. The minimum atomic E-state index is -4.64. The fourth-order valence-electron chi connectivity index (χ4n) is 0.491. The second-order valence-electron chi connectivity index (χ2n) is 2.53. The average molecular weight is 261 g/mol. The smallest absolute Gasteiger partial charge is 0.368 e. The molecule has 1 unspecified atom stereocenters. The van der Waals surface area contributed by atoms with Crippen LogP contribution in [0.1, 0.15) is 27.7 Å². The first kappa shape index (κ1) is 21.3. The largest absolute Gasteiger partial charge is 0.466 e. The zero-order valence-corrected chi connectivity index (χ0v) is 11.1. The summed E-state index contributed by atoms with van der Waals surface area (Å²) in [4.78, 5) is 21.6. The Bertz CT molecular complexity index is 150. The zero-order valence-electron chi connectivity index (χ0n) is 10.3. The van der Waals surface area contributed by atoms with Gasteiger partial charge in [-0.1, -0.05) is 13.8 Å². The van der Waals surface area contributed by atoms with Gasteiger partial charge >= 0.3 is 7.82 Å². The third-order valence-electron chi connectivity index (χ3n) is 0.908. The Kier molecular flexibility index (Phi) is 19.9. The molecule has 0 amide bonds. The summed E-state index contributed by atoms with van der Waals surface area (Å²) in [6.45, 7) is 10.4. The number of aliphatic hydroxyl groups is 1. The molecule has 0 aromatic heterocycles. The van der Waals surface area contributed by atoms with Crippen LogP contribution in [0.25, 0.3) is 0 Å². The van der Waals surface area contributed by atoms with Crippen molar-refractivity contribution < 1.29 is 29.1 Å². The topological polar surface area (TPSA) is 119 Å². The fraction of sp³-hybridized carbons (Fsp3) is 1.00. The van der Waals surface area contributed by atoms with Crippen molar-refractivity contribution in [3.63, 3.8) is 0 Å². The van der Waals surface area contributed by atoms with E-state index in [2.05, 4.69) is 23.9 Å². The SMILES string of the molecule is CCNCC.CCOC(C)O.O=P(O)(O)O. The molecule has 7 nitrogen and oxygen atoms in total. The van der Waals surface area contributed by atoms with E-state index in [0.717, 1.165) is 13.1 Å². The lowest BCUT2D eigenvalue weighted by Gasteiger charge is -1.99. The monoisotopic (exact) mass is 261 g/mol. The van der Waals surface area contributed by atoms with Crippen molar-refractivity contribution in [3.8, 4) is 0 Å². The normalized spacial score (nSPS) is 11.8. The van der Waals surface area contributed by atoms with E-state index >= 15 is 0 Å². The van der Waals surface area contributed by atoms with Gasteiger partial charge in [0.1, 0.15) is 0 Å². The van der Waals surface area contributed by atoms with Crippen LogP contribution < -0.4 is 5.32 Å². The molecule has 0 bridgehead atoms. The fourth-order valence-corrected chi connectivity index (χ4v) is 0.491. The maximum absolute atomic E-state index is 8.88. The number of rotatable bonds is 4. The minimum Gasteiger partial charge on any atom is -0.368 e. The van der Waals surface area contributed by atoms with Gasteiger partial charge in [-0.05, 0) is 26.9 Å². The molecule has 102 valence electrons. The highest BCUT2D eigenvalue weighted by atomic mass is 31.2. The van der Waals surface area contributed by atoms with Gasteiger partial charge < -0.3 is 29.8 Å². The summed E-state index contributed by atoms with van der Waals surface area (Å²) < 4.78 is 13.5. The second kappa shape index (κ2) is 15.0. The van der Waals surface area contributed by atoms with Crippen LogP contribution in [0.15, 0.2) is 0 Å². The molecule has 0 aromatic rings. The predicted octanol–water partition coefficient (Wildman–Crippen LogP) is 0.0484. The van der Waals surface area contributed by atoms with Gasteiger partial charge in [-0.25, -0.2) is 4.57 Å². The van der Waals surface area contributed by atoms with Gasteiger partial charge in [0.05, 0.1) is 0 Å². The number of hydrogen-bond donors (Lipinski definition) is 5. The predicted molar refractivity (Wildman–Crippen MR) is 61.8 cm³/mol. The van der Waals surface area contributed by atoms with Crippen molar-refractivity contribution in [3.05, 3.63) is 0 Å². The Balaban J connectivity index is -0.000000160. The molecule has 0 spiro atoms. The molecule has 1 atom stereocenters. The second-order valence-corrected chi connectivity index (χ2v) is 3.55. The van der Waals surface area contributed by atoms with Gasteiger partial charge in [0.25, 0.3) is 0 Å². The third kappa shape index (κ3) is 94.8. The van der Waals surface area contributed by atoms with E-state index < -0.39 is 14.1 Å². The Morgan fingerprint density at radius 2 is 1.50 bits per heavy atom. The standard InChI is InChI=1S/C4H11N.C4H10O2.H3O4P/c1-3-5-4-2;1-3-6-4(2)5;1-5(2,3)4/h5H,3-4H2,1-2H3;4-5H,3H2,1-2H3;(H3,1,2,3,4). The van der Waals surface area contributed by atoms with Gasteiger partial charge in [-0.15, -0.1) is 0 Å². The summed E-state index contributed by atoms with van der Waals surface area (Å²) in [5.41, 5.74) is 0. The van der Waals surface area contributed by atoms with Crippen molar-refractivity contribution in [2.45, 2.75) is 34.0 Å². The van der Waals surface area contributed by atoms with E-state index in [1.807, 2.05) is 6.92 Å². The summed E-state index contributed by atoms with van der Waals surface area (Å²) in [5.74, 6) is 0. The summed E-state index contributed by atoms with van der Waals surface area (Å²) in [7, 11) is -4.64. The van der Waals surface area contributed by atoms with E-state index in [-0.39, 0.29) is 0 Å². The molecule has 0 saturated heterocycles. The molecule has 0 heterocycles. The summed E-state index contributed by atoms with van der Waals surface area (Å²) >= 11 is 0. The molecule has 0 rings (SSSR count). The quantitative estimate of drug-likeness (QED) is 0.358. The van der Waals surface area contributed by atoms with Crippen LogP contribution in [0.5, 0.6) is 0 Å². The van der Waals surface area contributed by atoms with E-state index in [4.69, 9.17) is 24.4 Å².